The predicted octanol–water partition coefficient (Wildman–Crippen LogP) is 4.50. The summed E-state index contributed by atoms with van der Waals surface area (Å²) in [5.74, 6) is -0.682. The van der Waals surface area contributed by atoms with Crippen LogP contribution in [0.5, 0.6) is 0 Å². The zero-order chi connectivity index (χ0) is 21.0. The van der Waals surface area contributed by atoms with E-state index in [4.69, 9.17) is 4.42 Å². The molecule has 0 N–H and O–H groups in total. The molecule has 4 aliphatic rings. The van der Waals surface area contributed by atoms with Crippen molar-refractivity contribution in [3.63, 3.8) is 0 Å². The van der Waals surface area contributed by atoms with Crippen LogP contribution in [0.4, 0.5) is 13.2 Å². The number of furan rings is 1. The Labute approximate surface area is 169 Å². The van der Waals surface area contributed by atoms with Gasteiger partial charge in [-0.1, -0.05) is 24.3 Å². The molecule has 0 spiro atoms. The average molecular weight is 414 g/mol. The van der Waals surface area contributed by atoms with E-state index in [0.29, 0.717) is 0 Å². The van der Waals surface area contributed by atoms with Gasteiger partial charge in [0.05, 0.1) is 23.6 Å². The van der Waals surface area contributed by atoms with Gasteiger partial charge >= 0.3 is 6.18 Å². The van der Waals surface area contributed by atoms with Crippen LogP contribution < -0.4 is 0 Å². The van der Waals surface area contributed by atoms with Crippen LogP contribution in [-0.2, 0) is 15.8 Å². The van der Waals surface area contributed by atoms with E-state index in [-0.39, 0.29) is 52.6 Å². The van der Waals surface area contributed by atoms with E-state index in [1.165, 1.54) is 30.5 Å². The number of fused-ring (bicyclic) bond motifs is 1. The van der Waals surface area contributed by atoms with Gasteiger partial charge < -0.3 is 4.42 Å². The standard InChI is InChI=1S/C22H17F3N2O3/c23-22(24,25)15-3-1-2-14(10-15)17-9-8-16(30-17)11-26-27-20(28)18-12-4-5-13(7-6-12)19(18)21(27)29/h1-5,8-13,18-19H,6-7H2/b26-11-/t12-,13-,18-,19-/m0/s1. The minimum Gasteiger partial charge on any atom is -0.455 e. The molecule has 1 aliphatic heterocycles. The molecule has 2 aromatic rings. The molecule has 0 radical (unpaired) electrons. The van der Waals surface area contributed by atoms with Crippen molar-refractivity contribution in [3.05, 3.63) is 59.9 Å². The van der Waals surface area contributed by atoms with E-state index in [1.807, 2.05) is 12.2 Å². The highest BCUT2D eigenvalue weighted by atomic mass is 19.4. The Balaban J connectivity index is 1.36. The van der Waals surface area contributed by atoms with Crippen molar-refractivity contribution < 1.29 is 27.2 Å². The highest BCUT2D eigenvalue weighted by molar-refractivity contribution is 6.06. The van der Waals surface area contributed by atoms with E-state index >= 15 is 0 Å². The Morgan fingerprint density at radius 1 is 1.00 bits per heavy atom. The second-order valence-electron chi connectivity index (χ2n) is 7.85. The monoisotopic (exact) mass is 414 g/mol. The van der Waals surface area contributed by atoms with Crippen molar-refractivity contribution in [2.24, 2.45) is 28.8 Å². The van der Waals surface area contributed by atoms with Crippen LogP contribution in [0.25, 0.3) is 11.3 Å². The highest BCUT2D eigenvalue weighted by Gasteiger charge is 2.56. The van der Waals surface area contributed by atoms with Crippen LogP contribution in [-0.4, -0.2) is 23.0 Å². The number of halogens is 3. The minimum absolute atomic E-state index is 0.0766. The quantitative estimate of drug-likeness (QED) is 0.422. The topological polar surface area (TPSA) is 62.9 Å². The first-order valence-corrected chi connectivity index (χ1v) is 9.70. The molecule has 1 aromatic heterocycles. The Hall–Kier alpha value is -3.16. The number of imide groups is 1. The third kappa shape index (κ3) is 2.98. The summed E-state index contributed by atoms with van der Waals surface area (Å²) in [6.07, 6.45) is 2.66. The normalized spacial score (nSPS) is 28.0. The van der Waals surface area contributed by atoms with Gasteiger partial charge in [-0.15, -0.1) is 0 Å². The predicted molar refractivity (Wildman–Crippen MR) is 101 cm³/mol. The summed E-state index contributed by atoms with van der Waals surface area (Å²) in [6, 6.07) is 7.86. The molecule has 6 rings (SSSR count). The second kappa shape index (κ2) is 6.68. The summed E-state index contributed by atoms with van der Waals surface area (Å²) in [7, 11) is 0. The molecular formula is C22H17F3N2O3. The SMILES string of the molecule is O=C1[C@@H]2[C@@H](C(=O)N1/N=C\c1ccc(-c3cccc(C(F)(F)F)c3)o1)[C@H]1C=C[C@H]2CC1. The Morgan fingerprint density at radius 2 is 1.67 bits per heavy atom. The van der Waals surface area contributed by atoms with Crippen LogP contribution in [0, 0.1) is 23.7 Å². The number of nitrogens with zero attached hydrogens (tertiary/aromatic N) is 2. The Morgan fingerprint density at radius 3 is 2.27 bits per heavy atom. The number of amides is 2. The maximum Gasteiger partial charge on any atom is 0.416 e. The van der Waals surface area contributed by atoms with E-state index in [9.17, 15) is 22.8 Å². The molecule has 1 aromatic carbocycles. The molecule has 2 bridgehead atoms. The lowest BCUT2D eigenvalue weighted by Gasteiger charge is -2.37. The molecule has 2 amide bonds. The number of benzene rings is 1. The number of allylic oxidation sites excluding steroid dienone is 2. The van der Waals surface area contributed by atoms with Crippen molar-refractivity contribution in [2.45, 2.75) is 19.0 Å². The third-order valence-corrected chi connectivity index (χ3v) is 6.14. The van der Waals surface area contributed by atoms with Crippen LogP contribution in [0.15, 0.2) is 58.1 Å². The van der Waals surface area contributed by atoms with E-state index in [0.717, 1.165) is 30.0 Å². The number of hydrazone groups is 1. The summed E-state index contributed by atoms with van der Waals surface area (Å²) >= 11 is 0. The first-order chi connectivity index (χ1) is 14.3. The molecule has 2 heterocycles. The molecule has 0 unspecified atom stereocenters. The number of carbonyl (C=O) groups excluding carboxylic acids is 2. The molecule has 8 heteroatoms. The zero-order valence-electron chi connectivity index (χ0n) is 15.7. The van der Waals surface area contributed by atoms with E-state index in [1.54, 1.807) is 0 Å². The van der Waals surface area contributed by atoms with Crippen molar-refractivity contribution in [3.8, 4) is 11.3 Å². The van der Waals surface area contributed by atoms with Crippen molar-refractivity contribution in [1.29, 1.82) is 0 Å². The summed E-state index contributed by atoms with van der Waals surface area (Å²) in [5.41, 5.74) is -0.503. The lowest BCUT2D eigenvalue weighted by Crippen LogP contribution is -2.38. The molecule has 1 saturated heterocycles. The van der Waals surface area contributed by atoms with E-state index in [2.05, 4.69) is 5.10 Å². The molecular weight excluding hydrogens is 397 g/mol. The van der Waals surface area contributed by atoms with Crippen LogP contribution in [0.2, 0.25) is 0 Å². The average Bonchev–Trinajstić information content (AvgIpc) is 3.31. The number of alkyl halides is 3. The number of rotatable bonds is 3. The molecule has 30 heavy (non-hydrogen) atoms. The molecule has 5 nitrogen and oxygen atoms in total. The maximum absolute atomic E-state index is 12.9. The van der Waals surface area contributed by atoms with Crippen molar-refractivity contribution in [2.75, 3.05) is 0 Å². The summed E-state index contributed by atoms with van der Waals surface area (Å²) < 4.78 is 44.3. The second-order valence-corrected chi connectivity index (χ2v) is 7.85. The Kier molecular flexibility index (Phi) is 4.20. The number of hydrogen-bond donors (Lipinski definition) is 0. The van der Waals surface area contributed by atoms with Gasteiger partial charge in [-0.3, -0.25) is 9.59 Å². The molecule has 154 valence electrons. The van der Waals surface area contributed by atoms with E-state index < -0.39 is 11.7 Å². The fourth-order valence-electron chi connectivity index (χ4n) is 4.71. The van der Waals surface area contributed by atoms with Gasteiger partial charge in [-0.25, -0.2) is 0 Å². The smallest absolute Gasteiger partial charge is 0.416 e. The largest absolute Gasteiger partial charge is 0.455 e. The van der Waals surface area contributed by atoms with Gasteiger partial charge in [0.15, 0.2) is 0 Å². The number of carbonyl (C=O) groups is 2. The first kappa shape index (κ1) is 18.8. The third-order valence-electron chi connectivity index (χ3n) is 6.14. The van der Waals surface area contributed by atoms with Gasteiger partial charge in [0.2, 0.25) is 0 Å². The first-order valence-electron chi connectivity index (χ1n) is 9.70. The van der Waals surface area contributed by atoms with Gasteiger partial charge in [0.1, 0.15) is 11.5 Å². The lowest BCUT2D eigenvalue weighted by molar-refractivity contribution is -0.140. The summed E-state index contributed by atoms with van der Waals surface area (Å²) in [5, 5.41) is 4.96. The fraction of sp³-hybridized carbons (Fsp3) is 0.318. The van der Waals surface area contributed by atoms with Crippen LogP contribution >= 0.6 is 0 Å². The molecule has 3 aliphatic carbocycles. The summed E-state index contributed by atoms with van der Waals surface area (Å²) in [6.45, 7) is 0. The summed E-state index contributed by atoms with van der Waals surface area (Å²) in [4.78, 5) is 25.5. The highest BCUT2D eigenvalue weighted by Crippen LogP contribution is 2.49. The minimum atomic E-state index is -4.45. The van der Waals surface area contributed by atoms with Crippen molar-refractivity contribution in [1.82, 2.24) is 5.01 Å². The Bertz CT molecular complexity index is 1050. The van der Waals surface area contributed by atoms with Gasteiger partial charge in [0, 0.05) is 5.56 Å². The van der Waals surface area contributed by atoms with Crippen LogP contribution in [0.3, 0.4) is 0 Å². The lowest BCUT2D eigenvalue weighted by atomic mass is 9.63. The zero-order valence-corrected chi connectivity index (χ0v) is 15.7. The van der Waals surface area contributed by atoms with Gasteiger partial charge in [0.25, 0.3) is 11.8 Å². The molecule has 1 saturated carbocycles. The van der Waals surface area contributed by atoms with Gasteiger partial charge in [-0.05, 0) is 48.9 Å². The molecule has 4 atom stereocenters. The maximum atomic E-state index is 12.9. The fourth-order valence-corrected chi connectivity index (χ4v) is 4.71. The van der Waals surface area contributed by atoms with Crippen molar-refractivity contribution >= 4 is 18.0 Å². The van der Waals surface area contributed by atoms with Gasteiger partial charge in [-0.2, -0.15) is 23.3 Å². The molecule has 2 fully saturated rings. The number of hydrogen-bond acceptors (Lipinski definition) is 4. The van der Waals surface area contributed by atoms with Crippen LogP contribution in [0.1, 0.15) is 24.2 Å².